The second kappa shape index (κ2) is 5.80. The van der Waals surface area contributed by atoms with Crippen molar-refractivity contribution >= 4 is 27.4 Å². The van der Waals surface area contributed by atoms with E-state index in [1.807, 2.05) is 0 Å². The molecular formula is C11H8BrFN4O3. The van der Waals surface area contributed by atoms with Crippen LogP contribution in [0.4, 0.5) is 15.9 Å². The van der Waals surface area contributed by atoms with Crippen LogP contribution in [0.5, 0.6) is 11.6 Å². The third kappa shape index (κ3) is 3.39. The lowest BCUT2D eigenvalue weighted by atomic mass is 10.3. The molecular weight excluding hydrogens is 335 g/mol. The van der Waals surface area contributed by atoms with E-state index in [1.54, 1.807) is 0 Å². The van der Waals surface area contributed by atoms with Gasteiger partial charge in [0.1, 0.15) is 11.6 Å². The Morgan fingerprint density at radius 3 is 2.70 bits per heavy atom. The Labute approximate surface area is 120 Å². The highest BCUT2D eigenvalue weighted by Gasteiger charge is 2.13. The van der Waals surface area contributed by atoms with Crippen molar-refractivity contribution in [3.8, 4) is 11.6 Å². The Bertz CT molecular complexity index is 648. The molecule has 0 aliphatic heterocycles. The van der Waals surface area contributed by atoms with Crippen molar-refractivity contribution in [1.29, 1.82) is 0 Å². The Morgan fingerprint density at radius 1 is 1.35 bits per heavy atom. The molecule has 2 rings (SSSR count). The SMILES string of the molecule is NNc1cc([N+](=O)[O-])cc(Oc2cc(F)cc(Br)c2)n1. The highest BCUT2D eigenvalue weighted by molar-refractivity contribution is 9.10. The molecule has 0 amide bonds. The minimum atomic E-state index is -0.614. The number of halogens is 2. The predicted octanol–water partition coefficient (Wildman–Crippen LogP) is 2.97. The molecule has 0 saturated heterocycles. The van der Waals surface area contributed by atoms with Gasteiger partial charge in [0, 0.05) is 10.5 Å². The summed E-state index contributed by atoms with van der Waals surface area (Å²) in [6.45, 7) is 0. The van der Waals surface area contributed by atoms with Crippen molar-refractivity contribution in [1.82, 2.24) is 4.98 Å². The van der Waals surface area contributed by atoms with Gasteiger partial charge < -0.3 is 10.2 Å². The van der Waals surface area contributed by atoms with Gasteiger partial charge in [-0.25, -0.2) is 10.2 Å². The first-order valence-electron chi connectivity index (χ1n) is 5.25. The highest BCUT2D eigenvalue weighted by atomic mass is 79.9. The van der Waals surface area contributed by atoms with Crippen LogP contribution in [0.3, 0.4) is 0 Å². The molecule has 7 nitrogen and oxygen atoms in total. The number of anilines is 1. The van der Waals surface area contributed by atoms with Crippen molar-refractivity contribution in [2.75, 3.05) is 5.43 Å². The van der Waals surface area contributed by atoms with Gasteiger partial charge in [0.05, 0.1) is 17.1 Å². The van der Waals surface area contributed by atoms with Crippen LogP contribution in [0.15, 0.2) is 34.8 Å². The van der Waals surface area contributed by atoms with Crippen LogP contribution in [0.1, 0.15) is 0 Å². The molecule has 1 aromatic heterocycles. The second-order valence-electron chi connectivity index (χ2n) is 3.66. The molecule has 0 aliphatic rings. The Morgan fingerprint density at radius 2 is 2.10 bits per heavy atom. The second-order valence-corrected chi connectivity index (χ2v) is 4.57. The van der Waals surface area contributed by atoms with Crippen LogP contribution in [0.2, 0.25) is 0 Å². The molecule has 0 saturated carbocycles. The number of ether oxygens (including phenoxy) is 1. The number of hydrogen-bond acceptors (Lipinski definition) is 6. The number of hydrogen-bond donors (Lipinski definition) is 2. The van der Waals surface area contributed by atoms with Crippen LogP contribution in [0, 0.1) is 15.9 Å². The molecule has 0 spiro atoms. The lowest BCUT2D eigenvalue weighted by Gasteiger charge is -2.07. The first-order valence-corrected chi connectivity index (χ1v) is 6.04. The number of pyridine rings is 1. The molecule has 0 atom stereocenters. The van der Waals surface area contributed by atoms with E-state index in [0.29, 0.717) is 4.47 Å². The maximum absolute atomic E-state index is 13.2. The molecule has 0 bridgehead atoms. The van der Waals surface area contributed by atoms with E-state index >= 15 is 0 Å². The van der Waals surface area contributed by atoms with Crippen LogP contribution in [0.25, 0.3) is 0 Å². The fraction of sp³-hybridized carbons (Fsp3) is 0. The van der Waals surface area contributed by atoms with Gasteiger partial charge in [0.2, 0.25) is 5.88 Å². The summed E-state index contributed by atoms with van der Waals surface area (Å²) in [6.07, 6.45) is 0. The largest absolute Gasteiger partial charge is 0.439 e. The number of nitrogens with two attached hydrogens (primary N) is 1. The van der Waals surface area contributed by atoms with Crippen molar-refractivity contribution < 1.29 is 14.1 Å². The summed E-state index contributed by atoms with van der Waals surface area (Å²) in [4.78, 5) is 14.0. The number of nitrogen functional groups attached to an aromatic ring is 1. The standard InChI is InChI=1S/C11H8BrFN4O3/c12-6-1-7(13)3-9(2-6)20-11-5-8(17(18)19)4-10(15-11)16-14/h1-5H,14H2,(H,15,16). The van der Waals surface area contributed by atoms with Crippen LogP contribution >= 0.6 is 15.9 Å². The normalized spacial score (nSPS) is 10.2. The van der Waals surface area contributed by atoms with Gasteiger partial charge in [-0.05, 0) is 12.1 Å². The molecule has 0 radical (unpaired) electrons. The smallest absolute Gasteiger partial charge is 0.278 e. The molecule has 104 valence electrons. The minimum Gasteiger partial charge on any atom is -0.439 e. The van der Waals surface area contributed by atoms with Crippen molar-refractivity contribution in [2.45, 2.75) is 0 Å². The highest BCUT2D eigenvalue weighted by Crippen LogP contribution is 2.28. The van der Waals surface area contributed by atoms with Gasteiger partial charge >= 0.3 is 0 Å². The first kappa shape index (κ1) is 14.2. The van der Waals surface area contributed by atoms with Crippen molar-refractivity contribution in [3.05, 3.63) is 50.7 Å². The summed E-state index contributed by atoms with van der Waals surface area (Å²) >= 11 is 3.11. The van der Waals surface area contributed by atoms with Gasteiger partial charge in [-0.15, -0.1) is 0 Å². The summed E-state index contributed by atoms with van der Waals surface area (Å²) in [6, 6.07) is 6.13. The molecule has 2 aromatic rings. The zero-order chi connectivity index (χ0) is 14.7. The van der Waals surface area contributed by atoms with Crippen LogP contribution < -0.4 is 16.0 Å². The topological polar surface area (TPSA) is 103 Å². The number of aromatic nitrogens is 1. The summed E-state index contributed by atoms with van der Waals surface area (Å²) in [5.41, 5.74) is 1.94. The molecule has 9 heteroatoms. The molecule has 1 heterocycles. The fourth-order valence-electron chi connectivity index (χ4n) is 1.43. The molecule has 20 heavy (non-hydrogen) atoms. The Kier molecular flexibility index (Phi) is 4.11. The Hall–Kier alpha value is -2.26. The number of benzene rings is 1. The fourth-order valence-corrected chi connectivity index (χ4v) is 1.88. The van der Waals surface area contributed by atoms with E-state index < -0.39 is 10.7 Å². The van der Waals surface area contributed by atoms with Crippen molar-refractivity contribution in [2.24, 2.45) is 5.84 Å². The summed E-state index contributed by atoms with van der Waals surface area (Å²) in [5.74, 6) is 4.78. The maximum Gasteiger partial charge on any atom is 0.278 e. The zero-order valence-electron chi connectivity index (χ0n) is 9.84. The van der Waals surface area contributed by atoms with Crippen molar-refractivity contribution in [3.63, 3.8) is 0 Å². The number of rotatable bonds is 4. The monoisotopic (exact) mass is 342 g/mol. The maximum atomic E-state index is 13.2. The van der Waals surface area contributed by atoms with Crippen LogP contribution in [-0.2, 0) is 0 Å². The lowest BCUT2D eigenvalue weighted by molar-refractivity contribution is -0.384. The number of hydrazine groups is 1. The molecule has 3 N–H and O–H groups in total. The summed E-state index contributed by atoms with van der Waals surface area (Å²) in [7, 11) is 0. The van der Waals surface area contributed by atoms with E-state index in [4.69, 9.17) is 10.6 Å². The third-order valence-corrected chi connectivity index (χ3v) is 2.66. The van der Waals surface area contributed by atoms with Gasteiger partial charge in [-0.1, -0.05) is 15.9 Å². The zero-order valence-corrected chi connectivity index (χ0v) is 11.4. The van der Waals surface area contributed by atoms with E-state index in [2.05, 4.69) is 26.3 Å². The lowest BCUT2D eigenvalue weighted by Crippen LogP contribution is -2.09. The van der Waals surface area contributed by atoms with E-state index in [0.717, 1.165) is 18.2 Å². The predicted molar refractivity (Wildman–Crippen MR) is 72.9 cm³/mol. The van der Waals surface area contributed by atoms with Gasteiger partial charge in [0.25, 0.3) is 5.69 Å². The molecule has 0 fully saturated rings. The van der Waals surface area contributed by atoms with Gasteiger partial charge in [-0.3, -0.25) is 10.1 Å². The Balaban J connectivity index is 2.37. The van der Waals surface area contributed by atoms with Gasteiger partial charge in [0.15, 0.2) is 5.82 Å². The quantitative estimate of drug-likeness (QED) is 0.503. The summed E-state index contributed by atoms with van der Waals surface area (Å²) in [5, 5.41) is 10.8. The molecule has 1 aromatic carbocycles. The number of nitro groups is 1. The van der Waals surface area contributed by atoms with Crippen LogP contribution in [-0.4, -0.2) is 9.91 Å². The van der Waals surface area contributed by atoms with E-state index in [9.17, 15) is 14.5 Å². The summed E-state index contributed by atoms with van der Waals surface area (Å²) < 4.78 is 19.0. The van der Waals surface area contributed by atoms with E-state index in [1.165, 1.54) is 12.1 Å². The minimum absolute atomic E-state index is 0.0599. The third-order valence-electron chi connectivity index (χ3n) is 2.20. The number of nitrogens with zero attached hydrogens (tertiary/aromatic N) is 2. The molecule has 0 aliphatic carbocycles. The van der Waals surface area contributed by atoms with E-state index in [-0.39, 0.29) is 23.1 Å². The van der Waals surface area contributed by atoms with Gasteiger partial charge in [-0.2, -0.15) is 4.98 Å². The number of nitrogens with one attached hydrogen (secondary N) is 1. The average molecular weight is 343 g/mol. The first-order chi connectivity index (χ1) is 9.47. The molecule has 0 unspecified atom stereocenters. The average Bonchev–Trinajstić information content (AvgIpc) is 2.36.